The van der Waals surface area contributed by atoms with Crippen LogP contribution >= 0.6 is 0 Å². The smallest absolute Gasteiger partial charge is 0.421 e. The first kappa shape index (κ1) is 18.8. The molecule has 0 atom stereocenters. The summed E-state index contributed by atoms with van der Waals surface area (Å²) in [6.45, 7) is 2.22. The molecular formula is C17H31N3O4. The number of carbonyl (C=O) groups is 2. The highest BCUT2D eigenvalue weighted by molar-refractivity contribution is 5.67. The molecule has 4 N–H and O–H groups in total. The highest BCUT2D eigenvalue weighted by atomic mass is 16.5. The average molecular weight is 341 g/mol. The van der Waals surface area contributed by atoms with E-state index in [-0.39, 0.29) is 18.2 Å². The second-order valence-electron chi connectivity index (χ2n) is 7.18. The fourth-order valence-corrected chi connectivity index (χ4v) is 4.17. The molecule has 0 aromatic rings. The van der Waals surface area contributed by atoms with Crippen LogP contribution in [-0.4, -0.2) is 41.0 Å². The van der Waals surface area contributed by atoms with E-state index in [2.05, 4.69) is 5.32 Å². The molecule has 0 heterocycles. The lowest BCUT2D eigenvalue weighted by Gasteiger charge is -2.35. The molecule has 7 heteroatoms. The van der Waals surface area contributed by atoms with E-state index in [1.165, 1.54) is 6.42 Å². The van der Waals surface area contributed by atoms with Crippen LogP contribution < -0.4 is 11.2 Å². The summed E-state index contributed by atoms with van der Waals surface area (Å²) in [5, 5.41) is 12.9. The molecule has 138 valence electrons. The Labute approximate surface area is 143 Å². The maximum atomic E-state index is 11.5. The Morgan fingerprint density at radius 2 is 1.62 bits per heavy atom. The van der Waals surface area contributed by atoms with Crippen molar-refractivity contribution in [3.63, 3.8) is 0 Å². The SMILES string of the molecule is CCOC(=O)NC1CCC(CC2CCC(N(N)C(=O)O)CC2)CC1. The molecule has 2 rings (SSSR count). The maximum Gasteiger partial charge on any atom is 0.421 e. The summed E-state index contributed by atoms with van der Waals surface area (Å²) < 4.78 is 4.93. The van der Waals surface area contributed by atoms with Gasteiger partial charge in [-0.05, 0) is 76.5 Å². The van der Waals surface area contributed by atoms with Crippen molar-refractivity contribution in [3.05, 3.63) is 0 Å². The Morgan fingerprint density at radius 3 is 2.12 bits per heavy atom. The van der Waals surface area contributed by atoms with Gasteiger partial charge in [0.1, 0.15) is 0 Å². The standard InChI is InChI=1S/C17H31N3O4/c1-2-24-16(21)19-14-7-3-12(4-8-14)11-13-5-9-15(10-6-13)20(18)17(22)23/h12-15H,2-11,18H2,1H3,(H,19,21)(H,22,23). The summed E-state index contributed by atoms with van der Waals surface area (Å²) in [5.74, 6) is 6.99. The quantitative estimate of drug-likeness (QED) is 0.405. The molecule has 0 aromatic heterocycles. The van der Waals surface area contributed by atoms with Gasteiger partial charge in [-0.15, -0.1) is 0 Å². The normalized spacial score (nSPS) is 30.4. The van der Waals surface area contributed by atoms with Gasteiger partial charge in [-0.1, -0.05) is 0 Å². The number of amides is 2. The van der Waals surface area contributed by atoms with Crippen LogP contribution in [-0.2, 0) is 4.74 Å². The summed E-state index contributed by atoms with van der Waals surface area (Å²) in [7, 11) is 0. The van der Waals surface area contributed by atoms with Gasteiger partial charge in [-0.2, -0.15) is 0 Å². The number of alkyl carbamates (subject to hydrolysis) is 1. The molecule has 2 fully saturated rings. The predicted molar refractivity (Wildman–Crippen MR) is 90.3 cm³/mol. The van der Waals surface area contributed by atoms with Crippen molar-refractivity contribution in [1.29, 1.82) is 0 Å². The number of rotatable bonds is 5. The van der Waals surface area contributed by atoms with Crippen LogP contribution in [0.3, 0.4) is 0 Å². The minimum absolute atomic E-state index is 0.0248. The zero-order chi connectivity index (χ0) is 17.5. The molecule has 2 amide bonds. The number of carbonyl (C=O) groups excluding carboxylic acids is 1. The van der Waals surface area contributed by atoms with Crippen LogP contribution in [0, 0.1) is 11.8 Å². The molecule has 7 nitrogen and oxygen atoms in total. The Kier molecular flexibility index (Phi) is 7.15. The van der Waals surface area contributed by atoms with E-state index >= 15 is 0 Å². The van der Waals surface area contributed by atoms with E-state index in [1.807, 2.05) is 6.92 Å². The Balaban J connectivity index is 1.64. The molecule has 0 aromatic carbocycles. The van der Waals surface area contributed by atoms with Gasteiger partial charge in [0, 0.05) is 6.04 Å². The van der Waals surface area contributed by atoms with Crippen molar-refractivity contribution in [3.8, 4) is 0 Å². The van der Waals surface area contributed by atoms with Crippen LogP contribution in [0.2, 0.25) is 0 Å². The first-order valence-corrected chi connectivity index (χ1v) is 9.19. The summed E-state index contributed by atoms with van der Waals surface area (Å²) >= 11 is 0. The molecule has 0 spiro atoms. The molecule has 0 unspecified atom stereocenters. The summed E-state index contributed by atoms with van der Waals surface area (Å²) in [4.78, 5) is 22.4. The van der Waals surface area contributed by atoms with Gasteiger partial charge in [-0.25, -0.2) is 20.4 Å². The number of hydrogen-bond acceptors (Lipinski definition) is 4. The van der Waals surface area contributed by atoms with Crippen LogP contribution in [0.15, 0.2) is 0 Å². The molecule has 2 saturated carbocycles. The molecular weight excluding hydrogens is 310 g/mol. The first-order chi connectivity index (χ1) is 11.5. The number of hydrazine groups is 1. The van der Waals surface area contributed by atoms with Crippen molar-refractivity contribution in [2.75, 3.05) is 6.61 Å². The summed E-state index contributed by atoms with van der Waals surface area (Å²) in [6, 6.07) is 0.223. The van der Waals surface area contributed by atoms with Gasteiger partial charge in [0.05, 0.1) is 12.6 Å². The van der Waals surface area contributed by atoms with Gasteiger partial charge < -0.3 is 15.2 Å². The van der Waals surface area contributed by atoms with Crippen molar-refractivity contribution < 1.29 is 19.4 Å². The Hall–Kier alpha value is -1.50. The Morgan fingerprint density at radius 1 is 1.08 bits per heavy atom. The van der Waals surface area contributed by atoms with Gasteiger partial charge >= 0.3 is 12.2 Å². The fraction of sp³-hybridized carbons (Fsp3) is 0.882. The lowest BCUT2D eigenvalue weighted by molar-refractivity contribution is 0.0986. The zero-order valence-electron chi connectivity index (χ0n) is 14.6. The predicted octanol–water partition coefficient (Wildman–Crippen LogP) is 3.09. The maximum absolute atomic E-state index is 11.5. The number of hydrogen-bond donors (Lipinski definition) is 3. The number of carboxylic acid groups (broad SMARTS) is 1. The number of nitrogens with one attached hydrogen (secondary N) is 1. The lowest BCUT2D eigenvalue weighted by Crippen LogP contribution is -2.46. The van der Waals surface area contributed by atoms with E-state index in [1.54, 1.807) is 0 Å². The number of nitrogens with zero attached hydrogens (tertiary/aromatic N) is 1. The monoisotopic (exact) mass is 341 g/mol. The van der Waals surface area contributed by atoms with Gasteiger partial charge in [-0.3, -0.25) is 0 Å². The first-order valence-electron chi connectivity index (χ1n) is 9.19. The Bertz CT molecular complexity index is 416. The highest BCUT2D eigenvalue weighted by Gasteiger charge is 2.30. The van der Waals surface area contributed by atoms with Crippen molar-refractivity contribution in [2.45, 2.75) is 76.8 Å². The van der Waals surface area contributed by atoms with Crippen molar-refractivity contribution in [1.82, 2.24) is 10.3 Å². The minimum Gasteiger partial charge on any atom is -0.464 e. The van der Waals surface area contributed by atoms with Crippen molar-refractivity contribution >= 4 is 12.2 Å². The third kappa shape index (κ3) is 5.54. The molecule has 2 aliphatic rings. The molecule has 0 bridgehead atoms. The molecule has 2 aliphatic carbocycles. The average Bonchev–Trinajstić information content (AvgIpc) is 2.57. The second kappa shape index (κ2) is 9.11. The van der Waals surface area contributed by atoms with E-state index in [4.69, 9.17) is 15.7 Å². The fourth-order valence-electron chi connectivity index (χ4n) is 4.17. The zero-order valence-corrected chi connectivity index (χ0v) is 14.6. The highest BCUT2D eigenvalue weighted by Crippen LogP contribution is 2.36. The van der Waals surface area contributed by atoms with E-state index < -0.39 is 6.09 Å². The van der Waals surface area contributed by atoms with Crippen LogP contribution in [0.1, 0.15) is 64.7 Å². The lowest BCUT2D eigenvalue weighted by atomic mass is 9.75. The second-order valence-corrected chi connectivity index (χ2v) is 7.18. The molecule has 24 heavy (non-hydrogen) atoms. The van der Waals surface area contributed by atoms with Gasteiger partial charge in [0.25, 0.3) is 0 Å². The third-order valence-electron chi connectivity index (χ3n) is 5.54. The number of ether oxygens (including phenoxy) is 1. The molecule has 0 aliphatic heterocycles. The molecule has 0 radical (unpaired) electrons. The summed E-state index contributed by atoms with van der Waals surface area (Å²) in [6.07, 6.45) is 8.08. The largest absolute Gasteiger partial charge is 0.464 e. The van der Waals surface area contributed by atoms with Crippen LogP contribution in [0.25, 0.3) is 0 Å². The van der Waals surface area contributed by atoms with Crippen LogP contribution in [0.4, 0.5) is 9.59 Å². The van der Waals surface area contributed by atoms with Gasteiger partial charge in [0.15, 0.2) is 0 Å². The van der Waals surface area contributed by atoms with Crippen molar-refractivity contribution in [2.24, 2.45) is 17.7 Å². The van der Waals surface area contributed by atoms with E-state index in [0.717, 1.165) is 62.3 Å². The van der Waals surface area contributed by atoms with Gasteiger partial charge in [0.2, 0.25) is 0 Å². The van der Waals surface area contributed by atoms with Crippen LogP contribution in [0.5, 0.6) is 0 Å². The molecule has 0 saturated heterocycles. The topological polar surface area (TPSA) is 105 Å². The van der Waals surface area contributed by atoms with E-state index in [0.29, 0.717) is 12.5 Å². The minimum atomic E-state index is -1.04. The third-order valence-corrected chi connectivity index (χ3v) is 5.54. The number of nitrogens with two attached hydrogens (primary N) is 1. The van der Waals surface area contributed by atoms with E-state index in [9.17, 15) is 9.59 Å². The summed E-state index contributed by atoms with van der Waals surface area (Å²) in [5.41, 5.74) is 0.